The monoisotopic (exact) mass is 467 g/mol. The van der Waals surface area contributed by atoms with Crippen LogP contribution in [0.1, 0.15) is 36.8 Å². The molecular weight excluding hydrogens is 437 g/mol. The zero-order chi connectivity index (χ0) is 16.9. The molecule has 2 heterocycles. The van der Waals surface area contributed by atoms with Gasteiger partial charge in [0.05, 0.1) is 6.61 Å². The predicted molar refractivity (Wildman–Crippen MR) is 115 cm³/mol. The Morgan fingerprint density at radius 1 is 1.35 bits per heavy atom. The molecule has 1 saturated carbocycles. The highest BCUT2D eigenvalue weighted by Crippen LogP contribution is 2.61. The van der Waals surface area contributed by atoms with Crippen molar-refractivity contribution in [1.82, 2.24) is 10.2 Å². The maximum Gasteiger partial charge on any atom is 0.193 e. The molecule has 5 rings (SSSR count). The molecule has 4 unspecified atom stereocenters. The Morgan fingerprint density at radius 3 is 3.04 bits per heavy atom. The summed E-state index contributed by atoms with van der Waals surface area (Å²) in [5.41, 5.74) is 3.57. The van der Waals surface area contributed by atoms with E-state index < -0.39 is 0 Å². The molecular formula is C21H30IN3O. The number of hydrogen-bond acceptors (Lipinski definition) is 2. The highest BCUT2D eigenvalue weighted by molar-refractivity contribution is 14.0. The molecule has 4 aliphatic rings. The number of nitrogens with zero attached hydrogens (tertiary/aromatic N) is 2. The predicted octanol–water partition coefficient (Wildman–Crippen LogP) is 3.27. The fourth-order valence-electron chi connectivity index (χ4n) is 5.44. The van der Waals surface area contributed by atoms with Crippen molar-refractivity contribution in [3.63, 3.8) is 0 Å². The fourth-order valence-corrected chi connectivity index (χ4v) is 5.44. The quantitative estimate of drug-likeness (QED) is 0.421. The minimum atomic E-state index is 0. The van der Waals surface area contributed by atoms with E-state index in [1.807, 2.05) is 0 Å². The summed E-state index contributed by atoms with van der Waals surface area (Å²) in [6, 6.07) is 9.01. The first-order valence-corrected chi connectivity index (χ1v) is 9.98. The topological polar surface area (TPSA) is 36.9 Å². The maximum absolute atomic E-state index is 5.68. The summed E-state index contributed by atoms with van der Waals surface area (Å²) < 4.78 is 5.68. The summed E-state index contributed by atoms with van der Waals surface area (Å²) in [7, 11) is 0. The Morgan fingerprint density at radius 2 is 2.23 bits per heavy atom. The number of hydrogen-bond donors (Lipinski definition) is 1. The molecule has 2 aliphatic heterocycles. The van der Waals surface area contributed by atoms with Gasteiger partial charge in [-0.2, -0.15) is 0 Å². The molecule has 0 amide bonds. The molecule has 3 fully saturated rings. The first kappa shape index (κ1) is 18.5. The second-order valence-electron chi connectivity index (χ2n) is 8.43. The molecule has 1 aromatic carbocycles. The minimum Gasteiger partial charge on any atom is -0.381 e. The number of likely N-dealkylation sites (tertiary alicyclic amines) is 1. The molecule has 142 valence electrons. The van der Waals surface area contributed by atoms with E-state index >= 15 is 0 Å². The molecule has 26 heavy (non-hydrogen) atoms. The van der Waals surface area contributed by atoms with Gasteiger partial charge in [-0.1, -0.05) is 24.3 Å². The van der Waals surface area contributed by atoms with Gasteiger partial charge in [-0.15, -0.1) is 24.0 Å². The van der Waals surface area contributed by atoms with Gasteiger partial charge in [-0.25, -0.2) is 0 Å². The van der Waals surface area contributed by atoms with Crippen molar-refractivity contribution in [2.24, 2.45) is 22.2 Å². The molecule has 1 N–H and O–H groups in total. The van der Waals surface area contributed by atoms with Crippen LogP contribution in [0.2, 0.25) is 0 Å². The molecule has 1 spiro atoms. The van der Waals surface area contributed by atoms with Crippen molar-refractivity contribution < 1.29 is 4.74 Å². The first-order valence-electron chi connectivity index (χ1n) is 9.98. The lowest BCUT2D eigenvalue weighted by molar-refractivity contribution is 0.156. The van der Waals surface area contributed by atoms with Crippen LogP contribution in [0.4, 0.5) is 0 Å². The van der Waals surface area contributed by atoms with Gasteiger partial charge in [0.1, 0.15) is 0 Å². The first-order chi connectivity index (χ1) is 12.3. The van der Waals surface area contributed by atoms with Crippen molar-refractivity contribution >= 4 is 29.9 Å². The van der Waals surface area contributed by atoms with Crippen LogP contribution < -0.4 is 5.32 Å². The lowest BCUT2D eigenvalue weighted by Gasteiger charge is -2.25. The van der Waals surface area contributed by atoms with E-state index in [0.29, 0.717) is 5.41 Å². The van der Waals surface area contributed by atoms with Crippen molar-refractivity contribution in [3.05, 3.63) is 35.4 Å². The zero-order valence-electron chi connectivity index (χ0n) is 15.6. The minimum absolute atomic E-state index is 0. The van der Waals surface area contributed by atoms with E-state index in [2.05, 4.69) is 41.4 Å². The van der Waals surface area contributed by atoms with Crippen LogP contribution in [0.3, 0.4) is 0 Å². The van der Waals surface area contributed by atoms with Gasteiger partial charge in [-0.3, -0.25) is 4.99 Å². The Bertz CT molecular complexity index is 686. The molecule has 4 nitrogen and oxygen atoms in total. The van der Waals surface area contributed by atoms with Gasteiger partial charge in [0.25, 0.3) is 0 Å². The van der Waals surface area contributed by atoms with E-state index in [4.69, 9.17) is 9.73 Å². The lowest BCUT2D eigenvalue weighted by Crippen LogP contribution is -2.41. The third kappa shape index (κ3) is 3.15. The van der Waals surface area contributed by atoms with Gasteiger partial charge >= 0.3 is 0 Å². The van der Waals surface area contributed by atoms with Crippen molar-refractivity contribution in [2.75, 3.05) is 39.4 Å². The van der Waals surface area contributed by atoms with Gasteiger partial charge < -0.3 is 15.0 Å². The SMILES string of the molecule is CCNC(=NCC1C2Cc3ccccc3C12)N1CCC2(CCOC2)C1.I. The van der Waals surface area contributed by atoms with Gasteiger partial charge in [-0.05, 0) is 55.1 Å². The third-order valence-corrected chi connectivity index (χ3v) is 6.91. The highest BCUT2D eigenvalue weighted by Gasteiger charge is 2.55. The number of rotatable bonds is 3. The molecule has 0 aromatic heterocycles. The van der Waals surface area contributed by atoms with Crippen LogP contribution in [-0.2, 0) is 11.2 Å². The van der Waals surface area contributed by atoms with Crippen LogP contribution in [0.5, 0.6) is 0 Å². The Labute approximate surface area is 173 Å². The smallest absolute Gasteiger partial charge is 0.193 e. The number of ether oxygens (including phenoxy) is 1. The van der Waals surface area contributed by atoms with Gasteiger partial charge in [0, 0.05) is 38.2 Å². The van der Waals surface area contributed by atoms with Crippen molar-refractivity contribution in [3.8, 4) is 0 Å². The molecule has 1 aromatic rings. The third-order valence-electron chi connectivity index (χ3n) is 6.91. The van der Waals surface area contributed by atoms with Crippen molar-refractivity contribution in [2.45, 2.75) is 32.1 Å². The highest BCUT2D eigenvalue weighted by atomic mass is 127. The summed E-state index contributed by atoms with van der Waals surface area (Å²) in [5, 5.41) is 3.53. The summed E-state index contributed by atoms with van der Waals surface area (Å²) >= 11 is 0. The molecule has 2 aliphatic carbocycles. The van der Waals surface area contributed by atoms with Crippen LogP contribution in [0.25, 0.3) is 0 Å². The van der Waals surface area contributed by atoms with E-state index in [0.717, 1.165) is 63.1 Å². The van der Waals surface area contributed by atoms with Crippen LogP contribution in [-0.4, -0.2) is 50.3 Å². The van der Waals surface area contributed by atoms with E-state index in [1.54, 1.807) is 11.1 Å². The number of guanidine groups is 1. The fraction of sp³-hybridized carbons (Fsp3) is 0.667. The molecule has 0 radical (unpaired) electrons. The average molecular weight is 467 g/mol. The average Bonchev–Trinajstić information content (AvgIpc) is 3.06. The molecule has 2 saturated heterocycles. The molecule has 4 atom stereocenters. The second kappa shape index (κ2) is 7.30. The van der Waals surface area contributed by atoms with E-state index in [-0.39, 0.29) is 24.0 Å². The summed E-state index contributed by atoms with van der Waals surface area (Å²) in [6.45, 7) is 8.20. The normalized spacial score (nSPS) is 34.6. The van der Waals surface area contributed by atoms with Gasteiger partial charge in [0.2, 0.25) is 0 Å². The number of benzene rings is 1. The van der Waals surface area contributed by atoms with E-state index in [9.17, 15) is 0 Å². The number of halogens is 1. The largest absolute Gasteiger partial charge is 0.381 e. The maximum atomic E-state index is 5.68. The van der Waals surface area contributed by atoms with Crippen molar-refractivity contribution in [1.29, 1.82) is 0 Å². The molecule has 5 heteroatoms. The Kier molecular flexibility index (Phi) is 5.21. The Hall–Kier alpha value is -0.820. The number of fused-ring (bicyclic) bond motifs is 3. The lowest BCUT2D eigenvalue weighted by atomic mass is 9.87. The van der Waals surface area contributed by atoms with Crippen LogP contribution >= 0.6 is 24.0 Å². The van der Waals surface area contributed by atoms with Gasteiger partial charge in [0.15, 0.2) is 5.96 Å². The second-order valence-corrected chi connectivity index (χ2v) is 8.43. The summed E-state index contributed by atoms with van der Waals surface area (Å²) in [4.78, 5) is 7.53. The number of nitrogens with one attached hydrogen (secondary N) is 1. The molecule has 0 bridgehead atoms. The van der Waals surface area contributed by atoms with E-state index in [1.165, 1.54) is 19.3 Å². The Balaban J connectivity index is 0.00000168. The standard InChI is InChI=1S/C21H29N3O.HI/c1-2-22-20(24-9-7-21(13-24)8-10-25-14-21)23-12-18-17-11-15-5-3-4-6-16(15)19(17)18;/h3-6,17-19H,2,7-14H2,1H3,(H,22,23);1H. The summed E-state index contributed by atoms with van der Waals surface area (Å²) in [6.07, 6.45) is 3.73. The van der Waals surface area contributed by atoms with Crippen LogP contribution in [0, 0.1) is 17.3 Å². The zero-order valence-corrected chi connectivity index (χ0v) is 17.9. The summed E-state index contributed by atoms with van der Waals surface area (Å²) in [5.74, 6) is 3.51. The van der Waals surface area contributed by atoms with Crippen LogP contribution in [0.15, 0.2) is 29.3 Å². The number of aliphatic imine (C=N–C) groups is 1.